The van der Waals surface area contributed by atoms with E-state index < -0.39 is 69.2 Å². The SMILES string of the molecule is NOP(=O)(OC[C@H]1O[C@@H](n2cnc3c(=O)[nH]c(N)nc32)C[C@H]1O)O[C@@H]1C[C@H](n2cnc(N)nc2=O)O[C@@H]1CO. The summed E-state index contributed by atoms with van der Waals surface area (Å²) in [5.41, 5.74) is 9.89. The molecule has 21 heteroatoms. The lowest BCUT2D eigenvalue weighted by Gasteiger charge is -2.23. The first-order chi connectivity index (χ1) is 18.6. The number of nitrogen functional groups attached to an aromatic ring is 2. The van der Waals surface area contributed by atoms with E-state index in [2.05, 4.69) is 29.5 Å². The Morgan fingerprint density at radius 1 is 1.10 bits per heavy atom. The molecule has 2 aliphatic heterocycles. The zero-order valence-electron chi connectivity index (χ0n) is 20.0. The highest BCUT2D eigenvalue weighted by Crippen LogP contribution is 2.52. The van der Waals surface area contributed by atoms with Crippen LogP contribution in [-0.4, -0.2) is 81.9 Å². The molecule has 20 nitrogen and oxygen atoms in total. The smallest absolute Gasteiger partial charge is 0.394 e. The Balaban J connectivity index is 1.24. The van der Waals surface area contributed by atoms with Crippen molar-refractivity contribution in [2.24, 2.45) is 5.90 Å². The highest BCUT2D eigenvalue weighted by molar-refractivity contribution is 7.48. The van der Waals surface area contributed by atoms with Gasteiger partial charge in [0.2, 0.25) is 11.9 Å². The molecule has 0 bridgehead atoms. The highest BCUT2D eigenvalue weighted by Gasteiger charge is 2.44. The van der Waals surface area contributed by atoms with E-state index in [1.807, 2.05) is 0 Å². The summed E-state index contributed by atoms with van der Waals surface area (Å²) in [6.45, 7) is -1.05. The van der Waals surface area contributed by atoms with E-state index in [9.17, 15) is 24.4 Å². The maximum atomic E-state index is 13.1. The molecule has 39 heavy (non-hydrogen) atoms. The van der Waals surface area contributed by atoms with Crippen LogP contribution in [0.5, 0.6) is 0 Å². The number of phosphoric ester groups is 1. The molecule has 2 saturated heterocycles. The van der Waals surface area contributed by atoms with Crippen molar-refractivity contribution >= 4 is 30.9 Å². The molecule has 5 heterocycles. The summed E-state index contributed by atoms with van der Waals surface area (Å²) < 4.78 is 42.2. The molecule has 0 amide bonds. The van der Waals surface area contributed by atoms with Crippen LogP contribution in [0, 0.1) is 0 Å². The predicted octanol–water partition coefficient (Wildman–Crippen LogP) is -2.74. The summed E-state index contributed by atoms with van der Waals surface area (Å²) in [5.74, 6) is 4.84. The van der Waals surface area contributed by atoms with Gasteiger partial charge < -0.3 is 31.2 Å². The van der Waals surface area contributed by atoms with Gasteiger partial charge in [0.15, 0.2) is 11.2 Å². The number of hydrogen-bond acceptors (Lipinski definition) is 17. The van der Waals surface area contributed by atoms with Gasteiger partial charge in [0.05, 0.1) is 25.6 Å². The number of imidazole rings is 1. The highest BCUT2D eigenvalue weighted by atomic mass is 31.2. The van der Waals surface area contributed by atoms with Crippen molar-refractivity contribution in [2.75, 3.05) is 24.7 Å². The van der Waals surface area contributed by atoms with E-state index in [4.69, 9.17) is 35.9 Å². The molecule has 0 saturated carbocycles. The fourth-order valence-electron chi connectivity index (χ4n) is 4.30. The number of H-pyrrole nitrogens is 1. The first-order valence-corrected chi connectivity index (χ1v) is 12.9. The molecule has 0 aromatic carbocycles. The van der Waals surface area contributed by atoms with Crippen LogP contribution in [-0.2, 0) is 27.7 Å². The topological polar surface area (TPSA) is 293 Å². The Morgan fingerprint density at radius 2 is 1.82 bits per heavy atom. The number of anilines is 2. The quantitative estimate of drug-likeness (QED) is 0.112. The third kappa shape index (κ3) is 5.41. The summed E-state index contributed by atoms with van der Waals surface area (Å²) in [6, 6.07) is 0. The zero-order chi connectivity index (χ0) is 27.9. The number of aromatic amines is 1. The second-order valence-corrected chi connectivity index (χ2v) is 10.2. The number of ether oxygens (including phenoxy) is 2. The molecule has 9 N–H and O–H groups in total. The van der Waals surface area contributed by atoms with Gasteiger partial charge in [-0.25, -0.2) is 29.8 Å². The summed E-state index contributed by atoms with van der Waals surface area (Å²) in [6.07, 6.45) is -3.65. The minimum atomic E-state index is -4.49. The summed E-state index contributed by atoms with van der Waals surface area (Å²) in [5, 5.41) is 20.2. The van der Waals surface area contributed by atoms with Crippen LogP contribution in [0.1, 0.15) is 25.3 Å². The standard InChI is InChI=1S/C18H25N10O10P/c19-16-23-6-28(18(32)26-16)12-2-8(9(3-29)35-12)37-39(33,38-21)34-4-10-7(30)1-11(36-10)27-5-22-13-14(27)24-17(20)25-15(13)31/h5-12,29-30H,1-4,21H2,(H2,19,26,32)(H3,20,24,25,31)/t7-,8-,9-,10-,11-,12-,39?/m1/s1. The summed E-state index contributed by atoms with van der Waals surface area (Å²) >= 11 is 0. The van der Waals surface area contributed by atoms with Gasteiger partial charge in [0.1, 0.15) is 37.1 Å². The van der Waals surface area contributed by atoms with Gasteiger partial charge in [-0.3, -0.25) is 28.0 Å². The van der Waals surface area contributed by atoms with E-state index in [1.54, 1.807) is 0 Å². The van der Waals surface area contributed by atoms with Gasteiger partial charge in [0, 0.05) is 12.8 Å². The van der Waals surface area contributed by atoms with Crippen molar-refractivity contribution in [3.63, 3.8) is 0 Å². The Bertz CT molecular complexity index is 1510. The van der Waals surface area contributed by atoms with Gasteiger partial charge in [-0.15, -0.1) is 0 Å². The largest absolute Gasteiger partial charge is 0.491 e. The molecule has 3 aromatic heterocycles. The Morgan fingerprint density at radius 3 is 2.54 bits per heavy atom. The third-order valence-electron chi connectivity index (χ3n) is 6.17. The third-order valence-corrected chi connectivity index (χ3v) is 7.42. The van der Waals surface area contributed by atoms with Gasteiger partial charge in [-0.1, -0.05) is 0 Å². The zero-order valence-corrected chi connectivity index (χ0v) is 20.9. The number of aliphatic hydroxyl groups excluding tert-OH is 2. The van der Waals surface area contributed by atoms with E-state index in [-0.39, 0.29) is 35.9 Å². The Labute approximate surface area is 217 Å². The number of nitrogens with two attached hydrogens (primary N) is 3. The molecule has 7 atom stereocenters. The van der Waals surface area contributed by atoms with Gasteiger partial charge in [-0.2, -0.15) is 9.97 Å². The summed E-state index contributed by atoms with van der Waals surface area (Å²) in [7, 11) is -4.49. The van der Waals surface area contributed by atoms with Crippen LogP contribution < -0.4 is 28.6 Å². The van der Waals surface area contributed by atoms with Crippen LogP contribution in [0.25, 0.3) is 11.2 Å². The van der Waals surface area contributed by atoms with Gasteiger partial charge in [0.25, 0.3) is 5.56 Å². The second-order valence-electron chi connectivity index (χ2n) is 8.65. The lowest BCUT2D eigenvalue weighted by Crippen LogP contribution is -2.30. The average Bonchev–Trinajstić information content (AvgIpc) is 3.59. The van der Waals surface area contributed by atoms with E-state index >= 15 is 0 Å². The molecule has 3 aromatic rings. The van der Waals surface area contributed by atoms with Crippen molar-refractivity contribution in [1.82, 2.24) is 34.1 Å². The van der Waals surface area contributed by atoms with Crippen molar-refractivity contribution in [1.29, 1.82) is 0 Å². The number of rotatable bonds is 9. The summed E-state index contributed by atoms with van der Waals surface area (Å²) in [4.78, 5) is 41.8. The molecule has 212 valence electrons. The predicted molar refractivity (Wildman–Crippen MR) is 127 cm³/mol. The molecule has 2 fully saturated rings. The Kier molecular flexibility index (Phi) is 7.46. The van der Waals surface area contributed by atoms with Crippen molar-refractivity contribution < 1.29 is 37.9 Å². The van der Waals surface area contributed by atoms with Gasteiger partial charge >= 0.3 is 13.5 Å². The first kappa shape index (κ1) is 27.2. The number of aliphatic hydroxyl groups is 2. The van der Waals surface area contributed by atoms with Gasteiger partial charge in [-0.05, 0) is 0 Å². The van der Waals surface area contributed by atoms with Crippen LogP contribution in [0.3, 0.4) is 0 Å². The van der Waals surface area contributed by atoms with Crippen LogP contribution in [0.2, 0.25) is 0 Å². The molecule has 0 spiro atoms. The number of fused-ring (bicyclic) bond motifs is 1. The normalized spacial score (nSPS) is 28.7. The lowest BCUT2D eigenvalue weighted by molar-refractivity contribution is -0.0592. The van der Waals surface area contributed by atoms with Crippen molar-refractivity contribution in [3.8, 4) is 0 Å². The fourth-order valence-corrected chi connectivity index (χ4v) is 5.36. The average molecular weight is 572 g/mol. The van der Waals surface area contributed by atoms with Crippen LogP contribution >= 0.6 is 7.82 Å². The van der Waals surface area contributed by atoms with Crippen LogP contribution in [0.4, 0.5) is 11.9 Å². The monoisotopic (exact) mass is 572 g/mol. The first-order valence-electron chi connectivity index (χ1n) is 11.4. The van der Waals surface area contributed by atoms with Crippen molar-refractivity contribution in [2.45, 2.75) is 49.7 Å². The fraction of sp³-hybridized carbons (Fsp3) is 0.556. The van der Waals surface area contributed by atoms with E-state index in [0.29, 0.717) is 0 Å². The van der Waals surface area contributed by atoms with E-state index in [0.717, 1.165) is 10.9 Å². The Hall–Kier alpha value is -3.33. The van der Waals surface area contributed by atoms with Crippen LogP contribution in [0.15, 0.2) is 22.2 Å². The maximum absolute atomic E-state index is 13.1. The number of nitrogens with one attached hydrogen (secondary N) is 1. The number of aromatic nitrogens is 7. The van der Waals surface area contributed by atoms with E-state index in [1.165, 1.54) is 10.9 Å². The number of nitrogens with zero attached hydrogens (tertiary/aromatic N) is 6. The molecule has 0 aliphatic carbocycles. The van der Waals surface area contributed by atoms with Crippen molar-refractivity contribution in [3.05, 3.63) is 33.5 Å². The number of phosphoric acid groups is 1. The molecule has 2 aliphatic rings. The number of hydrogen-bond donors (Lipinski definition) is 6. The molecule has 5 rings (SSSR count). The maximum Gasteiger partial charge on any atom is 0.491 e. The molecule has 0 radical (unpaired) electrons. The minimum Gasteiger partial charge on any atom is -0.394 e. The molecule has 1 unspecified atom stereocenters. The molecular formula is C18H25N10O10P. The second kappa shape index (κ2) is 10.7. The minimum absolute atomic E-state index is 0.0275. The lowest BCUT2D eigenvalue weighted by atomic mass is 10.2. The molecular weight excluding hydrogens is 547 g/mol.